The highest BCUT2D eigenvalue weighted by atomic mass is 16.5. The number of benzene rings is 1. The van der Waals surface area contributed by atoms with E-state index >= 15 is 0 Å². The van der Waals surface area contributed by atoms with Crippen molar-refractivity contribution in [2.24, 2.45) is 5.16 Å². The molecule has 0 aliphatic heterocycles. The summed E-state index contributed by atoms with van der Waals surface area (Å²) in [4.78, 5) is 11.5. The van der Waals surface area contributed by atoms with Crippen molar-refractivity contribution in [2.75, 3.05) is 7.11 Å². The fourth-order valence-corrected chi connectivity index (χ4v) is 1.92. The number of hydrogen-bond donors (Lipinski definition) is 1. The molecule has 1 aliphatic carbocycles. The first-order valence-electron chi connectivity index (χ1n) is 4.66. The van der Waals surface area contributed by atoms with Crippen LogP contribution in [-0.4, -0.2) is 24.0 Å². The van der Waals surface area contributed by atoms with Crippen molar-refractivity contribution >= 4 is 11.7 Å². The van der Waals surface area contributed by atoms with E-state index in [2.05, 4.69) is 5.16 Å². The zero-order valence-corrected chi connectivity index (χ0v) is 8.30. The van der Waals surface area contributed by atoms with E-state index in [9.17, 15) is 4.79 Å². The Kier molecular flexibility index (Phi) is 2.41. The lowest BCUT2D eigenvalue weighted by Crippen LogP contribution is -2.11. The molecule has 1 aromatic carbocycles. The van der Waals surface area contributed by atoms with Crippen LogP contribution in [0.15, 0.2) is 29.4 Å². The van der Waals surface area contributed by atoms with Gasteiger partial charge in [0.1, 0.15) is 0 Å². The Balaban J connectivity index is 2.46. The predicted molar refractivity (Wildman–Crippen MR) is 54.1 cm³/mol. The van der Waals surface area contributed by atoms with E-state index < -0.39 is 0 Å². The van der Waals surface area contributed by atoms with E-state index in [1.54, 1.807) is 0 Å². The fraction of sp³-hybridized carbons (Fsp3) is 0.273. The molecule has 0 saturated heterocycles. The van der Waals surface area contributed by atoms with Gasteiger partial charge in [-0.1, -0.05) is 29.4 Å². The van der Waals surface area contributed by atoms with Crippen LogP contribution in [0.2, 0.25) is 0 Å². The van der Waals surface area contributed by atoms with E-state index in [0.717, 1.165) is 11.1 Å². The quantitative estimate of drug-likeness (QED) is 0.429. The van der Waals surface area contributed by atoms with Crippen LogP contribution in [0.5, 0.6) is 0 Å². The number of hydrogen-bond acceptors (Lipinski definition) is 4. The Labute approximate surface area is 87.2 Å². The minimum absolute atomic E-state index is 0.291. The molecule has 0 saturated carbocycles. The smallest absolute Gasteiger partial charge is 0.313 e. The van der Waals surface area contributed by atoms with Gasteiger partial charge in [0.05, 0.1) is 18.7 Å². The molecule has 0 spiro atoms. The van der Waals surface area contributed by atoms with E-state index in [1.807, 2.05) is 24.3 Å². The van der Waals surface area contributed by atoms with Gasteiger partial charge in [-0.2, -0.15) is 0 Å². The monoisotopic (exact) mass is 205 g/mol. The van der Waals surface area contributed by atoms with Crippen molar-refractivity contribution in [3.63, 3.8) is 0 Å². The molecule has 1 atom stereocenters. The van der Waals surface area contributed by atoms with Gasteiger partial charge in [-0.15, -0.1) is 0 Å². The first-order chi connectivity index (χ1) is 7.27. The summed E-state index contributed by atoms with van der Waals surface area (Å²) in [6.45, 7) is 0. The van der Waals surface area contributed by atoms with Crippen molar-refractivity contribution in [2.45, 2.75) is 12.3 Å². The number of esters is 1. The van der Waals surface area contributed by atoms with Gasteiger partial charge < -0.3 is 9.94 Å². The van der Waals surface area contributed by atoms with E-state index in [0.29, 0.717) is 12.1 Å². The second-order valence-electron chi connectivity index (χ2n) is 3.41. The minimum atomic E-state index is -0.336. The second-order valence-corrected chi connectivity index (χ2v) is 3.41. The zero-order valence-electron chi connectivity index (χ0n) is 8.30. The van der Waals surface area contributed by atoms with Crippen molar-refractivity contribution in [1.82, 2.24) is 0 Å². The summed E-state index contributed by atoms with van der Waals surface area (Å²) in [6.07, 6.45) is 0.405. The van der Waals surface area contributed by atoms with Crippen molar-refractivity contribution < 1.29 is 14.7 Å². The number of carbonyl (C=O) groups excluding carboxylic acids is 1. The highest BCUT2D eigenvalue weighted by Crippen LogP contribution is 2.33. The van der Waals surface area contributed by atoms with Gasteiger partial charge in [0.25, 0.3) is 0 Å². The summed E-state index contributed by atoms with van der Waals surface area (Å²) in [5.74, 6) is -0.627. The molecule has 0 heterocycles. The third-order valence-electron chi connectivity index (χ3n) is 2.65. The van der Waals surface area contributed by atoms with Crippen LogP contribution in [0.25, 0.3) is 0 Å². The van der Waals surface area contributed by atoms with Crippen LogP contribution < -0.4 is 0 Å². The van der Waals surface area contributed by atoms with Crippen LogP contribution in [0.3, 0.4) is 0 Å². The molecule has 0 unspecified atom stereocenters. The van der Waals surface area contributed by atoms with Crippen LogP contribution in [0, 0.1) is 0 Å². The molecule has 1 aliphatic rings. The minimum Gasteiger partial charge on any atom is -0.469 e. The average Bonchev–Trinajstić information content (AvgIpc) is 2.67. The van der Waals surface area contributed by atoms with Crippen molar-refractivity contribution in [3.05, 3.63) is 35.4 Å². The summed E-state index contributed by atoms with van der Waals surface area (Å²) >= 11 is 0. The molecule has 0 aromatic heterocycles. The Bertz CT molecular complexity index is 426. The number of rotatable bonds is 1. The highest BCUT2D eigenvalue weighted by molar-refractivity contribution is 6.08. The van der Waals surface area contributed by atoms with Gasteiger partial charge >= 0.3 is 5.97 Å². The fourth-order valence-electron chi connectivity index (χ4n) is 1.92. The number of carbonyl (C=O) groups is 1. The maximum absolute atomic E-state index is 11.5. The molecular weight excluding hydrogens is 194 g/mol. The number of oxime groups is 1. The largest absolute Gasteiger partial charge is 0.469 e. The molecule has 0 fully saturated rings. The maximum atomic E-state index is 11.5. The molecule has 0 amide bonds. The molecule has 0 radical (unpaired) electrons. The molecular formula is C11H11NO3. The lowest BCUT2D eigenvalue weighted by Gasteiger charge is -2.06. The van der Waals surface area contributed by atoms with Gasteiger partial charge in [-0.05, 0) is 5.56 Å². The van der Waals surface area contributed by atoms with Crippen LogP contribution >= 0.6 is 0 Å². The van der Waals surface area contributed by atoms with Crippen molar-refractivity contribution in [1.29, 1.82) is 0 Å². The second kappa shape index (κ2) is 3.73. The molecule has 4 nitrogen and oxygen atoms in total. The Morgan fingerprint density at radius 3 is 2.93 bits per heavy atom. The van der Waals surface area contributed by atoms with Crippen LogP contribution in [0.1, 0.15) is 23.5 Å². The van der Waals surface area contributed by atoms with E-state index in [4.69, 9.17) is 9.94 Å². The molecule has 0 bridgehead atoms. The van der Waals surface area contributed by atoms with Gasteiger partial charge in [0, 0.05) is 12.0 Å². The van der Waals surface area contributed by atoms with Gasteiger partial charge in [0.2, 0.25) is 0 Å². The molecule has 2 rings (SSSR count). The van der Waals surface area contributed by atoms with Gasteiger partial charge in [-0.25, -0.2) is 0 Å². The third kappa shape index (κ3) is 1.48. The Morgan fingerprint density at radius 2 is 2.27 bits per heavy atom. The molecule has 1 aromatic rings. The molecule has 1 N–H and O–H groups in total. The van der Waals surface area contributed by atoms with Crippen LogP contribution in [-0.2, 0) is 9.53 Å². The first-order valence-corrected chi connectivity index (χ1v) is 4.66. The molecule has 15 heavy (non-hydrogen) atoms. The molecule has 4 heteroatoms. The lowest BCUT2D eigenvalue weighted by molar-refractivity contribution is -0.142. The highest BCUT2D eigenvalue weighted by Gasteiger charge is 2.33. The Morgan fingerprint density at radius 1 is 1.53 bits per heavy atom. The molecule has 78 valence electrons. The summed E-state index contributed by atoms with van der Waals surface area (Å²) in [5.41, 5.74) is 2.24. The third-order valence-corrected chi connectivity index (χ3v) is 2.65. The van der Waals surface area contributed by atoms with Gasteiger partial charge in [0.15, 0.2) is 0 Å². The van der Waals surface area contributed by atoms with E-state index in [1.165, 1.54) is 7.11 Å². The number of fused-ring (bicyclic) bond motifs is 1. The zero-order chi connectivity index (χ0) is 10.8. The normalized spacial score (nSPS) is 21.4. The number of methoxy groups -OCH3 is 1. The lowest BCUT2D eigenvalue weighted by atomic mass is 10.0. The summed E-state index contributed by atoms with van der Waals surface area (Å²) < 4.78 is 4.71. The summed E-state index contributed by atoms with van der Waals surface area (Å²) in [6, 6.07) is 7.40. The summed E-state index contributed by atoms with van der Waals surface area (Å²) in [7, 11) is 1.36. The average molecular weight is 205 g/mol. The van der Waals surface area contributed by atoms with Gasteiger partial charge in [-0.3, -0.25) is 4.79 Å². The van der Waals surface area contributed by atoms with Crippen LogP contribution in [0.4, 0.5) is 0 Å². The first kappa shape index (κ1) is 9.71. The topological polar surface area (TPSA) is 58.9 Å². The predicted octanol–water partition coefficient (Wildman–Crippen LogP) is 1.53. The van der Waals surface area contributed by atoms with Crippen molar-refractivity contribution in [3.8, 4) is 0 Å². The number of ether oxygens (including phenoxy) is 1. The summed E-state index contributed by atoms with van der Waals surface area (Å²) in [5, 5.41) is 12.0. The maximum Gasteiger partial charge on any atom is 0.313 e. The van der Waals surface area contributed by atoms with E-state index in [-0.39, 0.29) is 11.9 Å². The standard InChI is InChI=1S/C11H11NO3/c1-15-11(13)9-6-10(12-14)8-5-3-2-4-7(8)9/h2-5,9,14H,6H2,1H3/b12-10+/t9-/m0/s1. The Hall–Kier alpha value is -1.84. The number of nitrogens with zero attached hydrogens (tertiary/aromatic N) is 1. The SMILES string of the molecule is COC(=O)[C@H]1C/C(=N\O)c2ccccc21.